The van der Waals surface area contributed by atoms with E-state index < -0.39 is 18.5 Å². The SMILES string of the molecule is Cc1cc(NC(=O)COC(=O)c2ccc(COC(C)C)cc2)no1. The second-order valence-electron chi connectivity index (χ2n) is 5.50. The second-order valence-corrected chi connectivity index (χ2v) is 5.50. The maximum absolute atomic E-state index is 11.9. The van der Waals surface area contributed by atoms with Gasteiger partial charge in [0, 0.05) is 6.07 Å². The number of nitrogens with one attached hydrogen (secondary N) is 1. The van der Waals surface area contributed by atoms with Crippen LogP contribution in [0.15, 0.2) is 34.9 Å². The Morgan fingerprint density at radius 1 is 1.25 bits per heavy atom. The average Bonchev–Trinajstić information content (AvgIpc) is 2.96. The molecule has 1 N–H and O–H groups in total. The Kier molecular flexibility index (Phi) is 6.08. The van der Waals surface area contributed by atoms with E-state index in [1.165, 1.54) is 0 Å². The lowest BCUT2D eigenvalue weighted by Crippen LogP contribution is -2.21. The number of rotatable bonds is 7. The molecule has 0 saturated heterocycles. The predicted molar refractivity (Wildman–Crippen MR) is 86.5 cm³/mol. The first kappa shape index (κ1) is 17.7. The zero-order chi connectivity index (χ0) is 17.5. The number of nitrogens with zero attached hydrogens (tertiary/aromatic N) is 1. The van der Waals surface area contributed by atoms with Crippen molar-refractivity contribution >= 4 is 17.7 Å². The van der Waals surface area contributed by atoms with Gasteiger partial charge in [-0.1, -0.05) is 17.3 Å². The Morgan fingerprint density at radius 3 is 2.54 bits per heavy atom. The largest absolute Gasteiger partial charge is 0.452 e. The molecule has 1 amide bonds. The Hall–Kier alpha value is -2.67. The van der Waals surface area contributed by atoms with Crippen molar-refractivity contribution in [1.82, 2.24) is 5.16 Å². The van der Waals surface area contributed by atoms with Gasteiger partial charge in [0.15, 0.2) is 12.4 Å². The minimum atomic E-state index is -0.571. The van der Waals surface area contributed by atoms with Gasteiger partial charge in [-0.25, -0.2) is 4.79 Å². The van der Waals surface area contributed by atoms with E-state index in [9.17, 15) is 9.59 Å². The summed E-state index contributed by atoms with van der Waals surface area (Å²) in [7, 11) is 0. The number of hydrogen-bond acceptors (Lipinski definition) is 6. The molecule has 0 aliphatic rings. The molecule has 0 radical (unpaired) electrons. The molecule has 1 aromatic heterocycles. The van der Waals surface area contributed by atoms with Crippen LogP contribution in [0.1, 0.15) is 35.5 Å². The Morgan fingerprint density at radius 2 is 1.96 bits per heavy atom. The standard InChI is InChI=1S/C17H20N2O5/c1-11(2)22-9-13-4-6-14(7-5-13)17(21)23-10-16(20)18-15-8-12(3)24-19-15/h4-8,11H,9-10H2,1-3H3,(H,18,19,20). The van der Waals surface area contributed by atoms with E-state index in [0.29, 0.717) is 17.9 Å². The molecule has 128 valence electrons. The van der Waals surface area contributed by atoms with Crippen LogP contribution >= 0.6 is 0 Å². The van der Waals surface area contributed by atoms with Gasteiger partial charge in [0.2, 0.25) is 0 Å². The number of carbonyl (C=O) groups excluding carboxylic acids is 2. The molecule has 0 aliphatic carbocycles. The summed E-state index contributed by atoms with van der Waals surface area (Å²) in [5, 5.41) is 6.09. The summed E-state index contributed by atoms with van der Waals surface area (Å²) < 4.78 is 15.3. The van der Waals surface area contributed by atoms with Crippen LogP contribution in [0.25, 0.3) is 0 Å². The van der Waals surface area contributed by atoms with Crippen LogP contribution in [0.5, 0.6) is 0 Å². The van der Waals surface area contributed by atoms with Gasteiger partial charge in [0.05, 0.1) is 18.3 Å². The smallest absolute Gasteiger partial charge is 0.338 e. The summed E-state index contributed by atoms with van der Waals surface area (Å²) >= 11 is 0. The van der Waals surface area contributed by atoms with Crippen molar-refractivity contribution < 1.29 is 23.6 Å². The minimum absolute atomic E-state index is 0.140. The quantitative estimate of drug-likeness (QED) is 0.784. The topological polar surface area (TPSA) is 90.7 Å². The van der Waals surface area contributed by atoms with E-state index in [1.54, 1.807) is 37.3 Å². The summed E-state index contributed by atoms with van der Waals surface area (Å²) in [4.78, 5) is 23.6. The fourth-order valence-corrected chi connectivity index (χ4v) is 1.82. The molecule has 1 heterocycles. The number of ether oxygens (including phenoxy) is 2. The normalized spacial score (nSPS) is 10.7. The van der Waals surface area contributed by atoms with Crippen molar-refractivity contribution in [3.63, 3.8) is 0 Å². The molecule has 0 atom stereocenters. The van der Waals surface area contributed by atoms with Gasteiger partial charge in [-0.05, 0) is 38.5 Å². The van der Waals surface area contributed by atoms with Gasteiger partial charge >= 0.3 is 5.97 Å². The first-order valence-corrected chi connectivity index (χ1v) is 7.55. The summed E-state index contributed by atoms with van der Waals surface area (Å²) in [5.41, 5.74) is 1.33. The molecular formula is C17H20N2O5. The first-order valence-electron chi connectivity index (χ1n) is 7.55. The molecule has 1 aromatic carbocycles. The number of anilines is 1. The Bertz CT molecular complexity index is 691. The minimum Gasteiger partial charge on any atom is -0.452 e. The molecule has 0 saturated carbocycles. The molecule has 0 fully saturated rings. The molecule has 0 aliphatic heterocycles. The van der Waals surface area contributed by atoms with E-state index in [1.807, 2.05) is 13.8 Å². The van der Waals surface area contributed by atoms with Crippen LogP contribution in [0.4, 0.5) is 5.82 Å². The zero-order valence-corrected chi connectivity index (χ0v) is 13.9. The fourth-order valence-electron chi connectivity index (χ4n) is 1.82. The maximum Gasteiger partial charge on any atom is 0.338 e. The highest BCUT2D eigenvalue weighted by Gasteiger charge is 2.12. The maximum atomic E-state index is 11.9. The molecule has 7 heteroatoms. The number of esters is 1. The molecule has 0 bridgehead atoms. The van der Waals surface area contributed by atoms with Crippen molar-refractivity contribution in [3.05, 3.63) is 47.2 Å². The van der Waals surface area contributed by atoms with Crippen LogP contribution in [-0.2, 0) is 20.9 Å². The third kappa shape index (κ3) is 5.51. The molecule has 2 aromatic rings. The summed E-state index contributed by atoms with van der Waals surface area (Å²) in [5.74, 6) is -0.205. The lowest BCUT2D eigenvalue weighted by molar-refractivity contribution is -0.119. The van der Waals surface area contributed by atoms with Crippen molar-refractivity contribution in [2.75, 3.05) is 11.9 Å². The van der Waals surface area contributed by atoms with E-state index in [0.717, 1.165) is 5.56 Å². The van der Waals surface area contributed by atoms with E-state index in [4.69, 9.17) is 14.0 Å². The summed E-state index contributed by atoms with van der Waals surface area (Å²) in [6.07, 6.45) is 0.140. The van der Waals surface area contributed by atoms with Crippen molar-refractivity contribution in [1.29, 1.82) is 0 Å². The average molecular weight is 332 g/mol. The lowest BCUT2D eigenvalue weighted by atomic mass is 10.1. The van der Waals surface area contributed by atoms with Gasteiger partial charge in [0.25, 0.3) is 5.91 Å². The number of aryl methyl sites for hydroxylation is 1. The first-order chi connectivity index (χ1) is 11.4. The van der Waals surface area contributed by atoms with E-state index in [2.05, 4.69) is 10.5 Å². The number of aromatic nitrogens is 1. The monoisotopic (exact) mass is 332 g/mol. The van der Waals surface area contributed by atoms with E-state index >= 15 is 0 Å². The highest BCUT2D eigenvalue weighted by molar-refractivity contribution is 5.94. The number of hydrogen-bond donors (Lipinski definition) is 1. The van der Waals surface area contributed by atoms with Crippen LogP contribution in [0, 0.1) is 6.92 Å². The number of carbonyl (C=O) groups is 2. The molecule has 2 rings (SSSR count). The van der Waals surface area contributed by atoms with Gasteiger partial charge in [-0.2, -0.15) is 0 Å². The predicted octanol–water partition coefficient (Wildman–Crippen LogP) is 2.70. The molecule has 7 nitrogen and oxygen atoms in total. The third-order valence-electron chi connectivity index (χ3n) is 3.00. The van der Waals surface area contributed by atoms with Crippen LogP contribution in [-0.4, -0.2) is 29.7 Å². The fraction of sp³-hybridized carbons (Fsp3) is 0.353. The number of benzene rings is 1. The van der Waals surface area contributed by atoms with Gasteiger partial charge < -0.3 is 19.3 Å². The Balaban J connectivity index is 1.80. The molecular weight excluding hydrogens is 312 g/mol. The van der Waals surface area contributed by atoms with Crippen molar-refractivity contribution in [2.45, 2.75) is 33.5 Å². The number of amides is 1. The van der Waals surface area contributed by atoms with Crippen LogP contribution in [0.2, 0.25) is 0 Å². The summed E-state index contributed by atoms with van der Waals surface area (Å²) in [6.45, 7) is 5.70. The van der Waals surface area contributed by atoms with E-state index in [-0.39, 0.29) is 11.9 Å². The molecule has 24 heavy (non-hydrogen) atoms. The molecule has 0 unspecified atom stereocenters. The van der Waals surface area contributed by atoms with Gasteiger partial charge in [0.1, 0.15) is 5.76 Å². The van der Waals surface area contributed by atoms with Gasteiger partial charge in [-0.3, -0.25) is 4.79 Å². The van der Waals surface area contributed by atoms with Crippen molar-refractivity contribution in [2.24, 2.45) is 0 Å². The highest BCUT2D eigenvalue weighted by Crippen LogP contribution is 2.09. The Labute approximate surface area is 139 Å². The van der Waals surface area contributed by atoms with Crippen LogP contribution < -0.4 is 5.32 Å². The molecule has 0 spiro atoms. The second kappa shape index (κ2) is 8.26. The highest BCUT2D eigenvalue weighted by atomic mass is 16.5. The third-order valence-corrected chi connectivity index (χ3v) is 3.00. The van der Waals surface area contributed by atoms with Crippen LogP contribution in [0.3, 0.4) is 0 Å². The summed E-state index contributed by atoms with van der Waals surface area (Å²) in [6, 6.07) is 8.42. The lowest BCUT2D eigenvalue weighted by Gasteiger charge is -2.08. The van der Waals surface area contributed by atoms with Crippen molar-refractivity contribution in [3.8, 4) is 0 Å². The van der Waals surface area contributed by atoms with Gasteiger partial charge in [-0.15, -0.1) is 0 Å². The zero-order valence-electron chi connectivity index (χ0n) is 13.9.